The van der Waals surface area contributed by atoms with Gasteiger partial charge in [0.1, 0.15) is 11.8 Å². The average Bonchev–Trinajstić information content (AvgIpc) is 2.87. The molecule has 74 valence electrons. The molecule has 0 unspecified atom stereocenters. The van der Waals surface area contributed by atoms with Crippen molar-refractivity contribution in [2.45, 2.75) is 18.9 Å². The quantitative estimate of drug-likeness (QED) is 0.656. The van der Waals surface area contributed by atoms with Crippen LogP contribution in [0.2, 0.25) is 0 Å². The van der Waals surface area contributed by atoms with Crippen molar-refractivity contribution >= 4 is 28.2 Å². The van der Waals surface area contributed by atoms with Gasteiger partial charge in [-0.05, 0) is 28.8 Å². The van der Waals surface area contributed by atoms with Crippen LogP contribution in [0.1, 0.15) is 33.8 Å². The van der Waals surface area contributed by atoms with Crippen molar-refractivity contribution in [3.63, 3.8) is 0 Å². The largest absolute Gasteiger partial charge is 0.458 e. The lowest BCUT2D eigenvalue weighted by Gasteiger charge is -1.98. The molecule has 1 aromatic heterocycles. The second-order valence-corrected chi connectivity index (χ2v) is 3.76. The van der Waals surface area contributed by atoms with Gasteiger partial charge in [-0.2, -0.15) is 0 Å². The van der Waals surface area contributed by atoms with Gasteiger partial charge in [-0.3, -0.25) is 4.79 Å². The van der Waals surface area contributed by atoms with Gasteiger partial charge in [0, 0.05) is 0 Å². The predicted octanol–water partition coefficient (Wildman–Crippen LogP) is 1.30. The van der Waals surface area contributed by atoms with Crippen LogP contribution in [0.3, 0.4) is 0 Å². The first kappa shape index (κ1) is 9.39. The number of carbonyl (C=O) groups is 2. The summed E-state index contributed by atoms with van der Waals surface area (Å²) in [5.74, 6) is -0.545. The number of nitrogens with zero attached hydrogens (tertiary/aromatic N) is 1. The summed E-state index contributed by atoms with van der Waals surface area (Å²) in [4.78, 5) is 28.4. The van der Waals surface area contributed by atoms with E-state index in [2.05, 4.69) is 25.9 Å². The third-order valence-electron chi connectivity index (χ3n) is 1.81. The highest BCUT2D eigenvalue weighted by molar-refractivity contribution is 9.10. The fourth-order valence-corrected chi connectivity index (χ4v) is 1.38. The Morgan fingerprint density at radius 3 is 2.93 bits per heavy atom. The summed E-state index contributed by atoms with van der Waals surface area (Å²) in [6.07, 6.45) is 2.35. The van der Waals surface area contributed by atoms with Crippen molar-refractivity contribution in [2.24, 2.45) is 0 Å². The molecule has 1 heterocycles. The Morgan fingerprint density at radius 2 is 2.36 bits per heavy atom. The number of aldehydes is 1. The molecule has 14 heavy (non-hydrogen) atoms. The molecule has 1 aliphatic carbocycles. The number of hydrogen-bond donors (Lipinski definition) is 1. The van der Waals surface area contributed by atoms with Crippen molar-refractivity contribution in [2.75, 3.05) is 0 Å². The van der Waals surface area contributed by atoms with E-state index in [0.29, 0.717) is 11.0 Å². The first-order chi connectivity index (χ1) is 6.70. The highest BCUT2D eigenvalue weighted by Gasteiger charge is 2.28. The van der Waals surface area contributed by atoms with E-state index in [1.165, 1.54) is 0 Å². The molecule has 0 amide bonds. The Morgan fingerprint density at radius 1 is 1.64 bits per heavy atom. The molecule has 0 bridgehead atoms. The summed E-state index contributed by atoms with van der Waals surface area (Å²) in [6, 6.07) is 0. The molecule has 1 saturated carbocycles. The Bertz CT molecular complexity index is 384. The van der Waals surface area contributed by atoms with Gasteiger partial charge in [-0.1, -0.05) is 0 Å². The van der Waals surface area contributed by atoms with Crippen LogP contribution in [0.15, 0.2) is 4.73 Å². The molecular weight excluding hydrogens is 252 g/mol. The maximum atomic E-state index is 11.4. The second-order valence-electron chi connectivity index (χ2n) is 3.01. The summed E-state index contributed by atoms with van der Waals surface area (Å²) in [5.41, 5.74) is 0.182. The molecular formula is C8H7BrN2O3. The zero-order valence-electron chi connectivity index (χ0n) is 7.12. The van der Waals surface area contributed by atoms with E-state index in [0.717, 1.165) is 12.8 Å². The predicted molar refractivity (Wildman–Crippen MR) is 50.1 cm³/mol. The van der Waals surface area contributed by atoms with Crippen LogP contribution in [0.25, 0.3) is 0 Å². The van der Waals surface area contributed by atoms with Gasteiger partial charge in [0.15, 0.2) is 16.7 Å². The lowest BCUT2D eigenvalue weighted by Crippen LogP contribution is -2.09. The van der Waals surface area contributed by atoms with E-state index in [1.54, 1.807) is 0 Å². The number of ether oxygens (including phenoxy) is 1. The van der Waals surface area contributed by atoms with E-state index in [4.69, 9.17) is 4.74 Å². The summed E-state index contributed by atoms with van der Waals surface area (Å²) in [5, 5.41) is 0. The molecule has 1 N–H and O–H groups in total. The van der Waals surface area contributed by atoms with Crippen molar-refractivity contribution in [3.05, 3.63) is 16.1 Å². The minimum Gasteiger partial charge on any atom is -0.458 e. The number of imidazole rings is 1. The van der Waals surface area contributed by atoms with Crippen LogP contribution in [0.5, 0.6) is 0 Å². The fourth-order valence-electron chi connectivity index (χ4n) is 0.991. The van der Waals surface area contributed by atoms with Gasteiger partial charge in [0.2, 0.25) is 0 Å². The SMILES string of the molecule is O=Cc1[nH]c(Br)nc1C(=O)OC1CC1. The van der Waals surface area contributed by atoms with Crippen LogP contribution < -0.4 is 0 Å². The van der Waals surface area contributed by atoms with Crippen molar-refractivity contribution in [1.82, 2.24) is 9.97 Å². The molecule has 0 radical (unpaired) electrons. The Kier molecular flexibility index (Phi) is 2.37. The van der Waals surface area contributed by atoms with Gasteiger partial charge in [0.25, 0.3) is 0 Å². The van der Waals surface area contributed by atoms with Crippen LogP contribution >= 0.6 is 15.9 Å². The van der Waals surface area contributed by atoms with Gasteiger partial charge >= 0.3 is 5.97 Å². The van der Waals surface area contributed by atoms with E-state index in [1.807, 2.05) is 0 Å². The topological polar surface area (TPSA) is 72.0 Å². The molecule has 0 atom stereocenters. The maximum Gasteiger partial charge on any atom is 0.359 e. The number of aromatic nitrogens is 2. The smallest absolute Gasteiger partial charge is 0.359 e. The van der Waals surface area contributed by atoms with E-state index >= 15 is 0 Å². The van der Waals surface area contributed by atoms with Gasteiger partial charge in [-0.25, -0.2) is 9.78 Å². The van der Waals surface area contributed by atoms with E-state index in [9.17, 15) is 9.59 Å². The lowest BCUT2D eigenvalue weighted by molar-refractivity contribution is 0.0464. The standard InChI is InChI=1S/C8H7BrN2O3/c9-8-10-5(3-12)6(11-8)7(13)14-4-1-2-4/h3-4H,1-2H2,(H,10,11). The molecule has 1 fully saturated rings. The molecule has 2 rings (SSSR count). The number of H-pyrrole nitrogens is 1. The van der Waals surface area contributed by atoms with Crippen LogP contribution in [-0.2, 0) is 4.74 Å². The fraction of sp³-hybridized carbons (Fsp3) is 0.375. The Balaban J connectivity index is 2.19. The summed E-state index contributed by atoms with van der Waals surface area (Å²) in [7, 11) is 0. The van der Waals surface area contributed by atoms with Crippen molar-refractivity contribution in [3.8, 4) is 0 Å². The second kappa shape index (κ2) is 3.53. The summed E-state index contributed by atoms with van der Waals surface area (Å²) < 4.78 is 5.35. The lowest BCUT2D eigenvalue weighted by atomic mass is 10.3. The number of halogens is 1. The summed E-state index contributed by atoms with van der Waals surface area (Å²) in [6.45, 7) is 0. The first-order valence-electron chi connectivity index (χ1n) is 4.12. The third kappa shape index (κ3) is 1.84. The minimum absolute atomic E-state index is 0.0116. The molecule has 1 aliphatic rings. The third-order valence-corrected chi connectivity index (χ3v) is 2.19. The van der Waals surface area contributed by atoms with Gasteiger partial charge in [0.05, 0.1) is 0 Å². The number of esters is 1. The maximum absolute atomic E-state index is 11.4. The Hall–Kier alpha value is -1.17. The van der Waals surface area contributed by atoms with Crippen molar-refractivity contribution < 1.29 is 14.3 Å². The first-order valence-corrected chi connectivity index (χ1v) is 4.91. The van der Waals surface area contributed by atoms with Crippen LogP contribution in [0, 0.1) is 0 Å². The minimum atomic E-state index is -0.545. The number of nitrogens with one attached hydrogen (secondary N) is 1. The zero-order chi connectivity index (χ0) is 10.1. The summed E-state index contributed by atoms with van der Waals surface area (Å²) >= 11 is 3.04. The number of rotatable bonds is 3. The van der Waals surface area contributed by atoms with E-state index < -0.39 is 5.97 Å². The molecule has 1 aromatic rings. The van der Waals surface area contributed by atoms with Gasteiger partial charge in [-0.15, -0.1) is 0 Å². The molecule has 0 aromatic carbocycles. The highest BCUT2D eigenvalue weighted by Crippen LogP contribution is 2.25. The molecule has 0 saturated heterocycles. The molecule has 0 aliphatic heterocycles. The monoisotopic (exact) mass is 258 g/mol. The molecule has 6 heteroatoms. The zero-order valence-corrected chi connectivity index (χ0v) is 8.70. The Labute approximate surface area is 88.0 Å². The van der Waals surface area contributed by atoms with Crippen LogP contribution in [0.4, 0.5) is 0 Å². The number of aromatic amines is 1. The average molecular weight is 259 g/mol. The number of carbonyl (C=O) groups excluding carboxylic acids is 2. The molecule has 0 spiro atoms. The van der Waals surface area contributed by atoms with Gasteiger partial charge < -0.3 is 9.72 Å². The van der Waals surface area contributed by atoms with Crippen molar-refractivity contribution in [1.29, 1.82) is 0 Å². The van der Waals surface area contributed by atoms with E-state index in [-0.39, 0.29) is 17.5 Å². The highest BCUT2D eigenvalue weighted by atomic mass is 79.9. The van der Waals surface area contributed by atoms with Crippen LogP contribution in [-0.4, -0.2) is 28.3 Å². The number of hydrogen-bond acceptors (Lipinski definition) is 4. The normalized spacial score (nSPS) is 15.2. The molecule has 5 nitrogen and oxygen atoms in total.